The summed E-state index contributed by atoms with van der Waals surface area (Å²) in [5, 5.41) is 11.6. The van der Waals surface area contributed by atoms with Gasteiger partial charge in [-0.05, 0) is 49.7 Å². The van der Waals surface area contributed by atoms with Gasteiger partial charge in [-0.3, -0.25) is 4.79 Å². The van der Waals surface area contributed by atoms with Crippen molar-refractivity contribution in [3.8, 4) is 6.07 Å². The Morgan fingerprint density at radius 3 is 2.45 bits per heavy atom. The summed E-state index contributed by atoms with van der Waals surface area (Å²) in [4.78, 5) is 14.2. The Morgan fingerprint density at radius 1 is 1.18 bits per heavy atom. The van der Waals surface area contributed by atoms with E-state index in [0.29, 0.717) is 17.8 Å². The Bertz CT molecular complexity index is 686. The molecule has 0 heterocycles. The molecule has 112 valence electrons. The van der Waals surface area contributed by atoms with E-state index in [2.05, 4.69) is 11.4 Å². The zero-order chi connectivity index (χ0) is 15.9. The average Bonchev–Trinajstić information content (AvgIpc) is 2.54. The van der Waals surface area contributed by atoms with E-state index < -0.39 is 0 Å². The molecule has 0 bridgehead atoms. The fourth-order valence-corrected chi connectivity index (χ4v) is 2.29. The number of carbonyl (C=O) groups is 1. The summed E-state index contributed by atoms with van der Waals surface area (Å²) in [6, 6.07) is 16.9. The van der Waals surface area contributed by atoms with Gasteiger partial charge in [0.25, 0.3) is 0 Å². The summed E-state index contributed by atoms with van der Waals surface area (Å²) in [6.07, 6.45) is 0. The van der Waals surface area contributed by atoms with Crippen LogP contribution in [0.5, 0.6) is 0 Å². The molecule has 2 aromatic rings. The molecule has 1 N–H and O–H groups in total. The van der Waals surface area contributed by atoms with Crippen molar-refractivity contribution in [2.75, 3.05) is 23.3 Å². The van der Waals surface area contributed by atoms with Gasteiger partial charge in [0.05, 0.1) is 18.2 Å². The van der Waals surface area contributed by atoms with E-state index >= 15 is 0 Å². The minimum atomic E-state index is -0.0742. The van der Waals surface area contributed by atoms with Gasteiger partial charge in [0.2, 0.25) is 5.91 Å². The number of anilines is 2. The van der Waals surface area contributed by atoms with Gasteiger partial charge in [-0.15, -0.1) is 0 Å². The molecule has 0 aliphatic rings. The van der Waals surface area contributed by atoms with Crippen molar-refractivity contribution in [1.82, 2.24) is 0 Å². The summed E-state index contributed by atoms with van der Waals surface area (Å²) in [5.74, 6) is -0.0742. The Hall–Kier alpha value is -2.80. The maximum absolute atomic E-state index is 12.2. The van der Waals surface area contributed by atoms with E-state index in [1.165, 1.54) is 0 Å². The number of nitriles is 1. The number of rotatable bonds is 5. The highest BCUT2D eigenvalue weighted by atomic mass is 16.2. The van der Waals surface area contributed by atoms with Gasteiger partial charge in [-0.2, -0.15) is 5.26 Å². The van der Waals surface area contributed by atoms with E-state index in [1.54, 1.807) is 24.3 Å². The fraction of sp³-hybridized carbons (Fsp3) is 0.222. The number of carbonyl (C=O) groups excluding carboxylic acids is 1. The topological polar surface area (TPSA) is 56.1 Å². The van der Waals surface area contributed by atoms with Crippen molar-refractivity contribution in [3.63, 3.8) is 0 Å². The lowest BCUT2D eigenvalue weighted by Crippen LogP contribution is -2.33. The molecule has 0 aliphatic heterocycles. The number of aryl methyl sites for hydroxylation is 1. The van der Waals surface area contributed by atoms with E-state index in [9.17, 15) is 4.79 Å². The predicted octanol–water partition coefficient (Wildman–Crippen LogP) is 3.33. The largest absolute Gasteiger partial charge is 0.362 e. The molecule has 0 unspecified atom stereocenters. The first-order valence-corrected chi connectivity index (χ1v) is 7.24. The lowest BCUT2D eigenvalue weighted by Gasteiger charge is -2.24. The van der Waals surface area contributed by atoms with Crippen LogP contribution in [0.4, 0.5) is 11.4 Å². The van der Waals surface area contributed by atoms with Crippen LogP contribution >= 0.6 is 0 Å². The van der Waals surface area contributed by atoms with E-state index in [0.717, 1.165) is 17.8 Å². The van der Waals surface area contributed by atoms with Crippen LogP contribution in [0.3, 0.4) is 0 Å². The quantitative estimate of drug-likeness (QED) is 0.920. The van der Waals surface area contributed by atoms with Crippen LogP contribution in [0.15, 0.2) is 48.5 Å². The molecule has 4 heteroatoms. The lowest BCUT2D eigenvalue weighted by molar-refractivity contribution is -0.115. The molecule has 0 aliphatic carbocycles. The standard InChI is InChI=1S/C18H19N3O/c1-3-21(17-7-5-4-6-14(17)2)13-18(22)20-16-10-8-15(12-19)9-11-16/h4-11H,3,13H2,1-2H3,(H,20,22). The summed E-state index contributed by atoms with van der Waals surface area (Å²) in [6.45, 7) is 5.12. The Labute approximate surface area is 131 Å². The van der Waals surface area contributed by atoms with Gasteiger partial charge in [0, 0.05) is 17.9 Å². The van der Waals surface area contributed by atoms with Crippen molar-refractivity contribution in [2.45, 2.75) is 13.8 Å². The number of para-hydroxylation sites is 1. The number of likely N-dealkylation sites (N-methyl/N-ethyl adjacent to an activating group) is 1. The third kappa shape index (κ3) is 3.86. The molecule has 4 nitrogen and oxygen atoms in total. The molecular weight excluding hydrogens is 274 g/mol. The molecule has 0 saturated heterocycles. The number of hydrogen-bond donors (Lipinski definition) is 1. The predicted molar refractivity (Wildman–Crippen MR) is 88.9 cm³/mol. The minimum absolute atomic E-state index is 0.0742. The third-order valence-corrected chi connectivity index (χ3v) is 3.47. The van der Waals surface area contributed by atoms with Gasteiger partial charge in [-0.25, -0.2) is 0 Å². The molecule has 0 aromatic heterocycles. The van der Waals surface area contributed by atoms with Crippen molar-refractivity contribution in [3.05, 3.63) is 59.7 Å². The maximum Gasteiger partial charge on any atom is 0.243 e. The second-order valence-corrected chi connectivity index (χ2v) is 5.04. The van der Waals surface area contributed by atoms with Gasteiger partial charge in [0.1, 0.15) is 0 Å². The van der Waals surface area contributed by atoms with Crippen molar-refractivity contribution < 1.29 is 4.79 Å². The summed E-state index contributed by atoms with van der Waals surface area (Å²) >= 11 is 0. The molecule has 2 aromatic carbocycles. The van der Waals surface area contributed by atoms with E-state index in [-0.39, 0.29) is 5.91 Å². The van der Waals surface area contributed by atoms with Crippen molar-refractivity contribution in [1.29, 1.82) is 5.26 Å². The third-order valence-electron chi connectivity index (χ3n) is 3.47. The number of benzene rings is 2. The van der Waals surface area contributed by atoms with Crippen LogP contribution in [0.25, 0.3) is 0 Å². The van der Waals surface area contributed by atoms with Crippen LogP contribution in [0.2, 0.25) is 0 Å². The molecule has 0 saturated carbocycles. The number of amides is 1. The smallest absolute Gasteiger partial charge is 0.243 e. The molecule has 0 spiro atoms. The van der Waals surface area contributed by atoms with Crippen LogP contribution in [0, 0.1) is 18.3 Å². The van der Waals surface area contributed by atoms with Crippen molar-refractivity contribution in [2.24, 2.45) is 0 Å². The molecular formula is C18H19N3O. The van der Waals surface area contributed by atoms with Crippen LogP contribution in [-0.4, -0.2) is 19.0 Å². The van der Waals surface area contributed by atoms with Gasteiger partial charge >= 0.3 is 0 Å². The van der Waals surface area contributed by atoms with Gasteiger partial charge < -0.3 is 10.2 Å². The summed E-state index contributed by atoms with van der Waals surface area (Å²) < 4.78 is 0. The zero-order valence-electron chi connectivity index (χ0n) is 12.8. The Morgan fingerprint density at radius 2 is 1.86 bits per heavy atom. The Kier molecular flexibility index (Phi) is 5.16. The molecule has 1 amide bonds. The maximum atomic E-state index is 12.2. The molecule has 0 radical (unpaired) electrons. The number of nitrogens with one attached hydrogen (secondary N) is 1. The van der Waals surface area contributed by atoms with E-state index in [1.807, 2.05) is 43.0 Å². The summed E-state index contributed by atoms with van der Waals surface area (Å²) in [5.41, 5.74) is 3.49. The first kappa shape index (κ1) is 15.6. The zero-order valence-corrected chi connectivity index (χ0v) is 12.8. The van der Waals surface area contributed by atoms with Crippen LogP contribution in [-0.2, 0) is 4.79 Å². The van der Waals surface area contributed by atoms with E-state index in [4.69, 9.17) is 5.26 Å². The molecule has 2 rings (SSSR count). The van der Waals surface area contributed by atoms with Crippen LogP contribution in [0.1, 0.15) is 18.1 Å². The SMILES string of the molecule is CCN(CC(=O)Nc1ccc(C#N)cc1)c1ccccc1C. The normalized spacial score (nSPS) is 9.86. The van der Waals surface area contributed by atoms with Crippen LogP contribution < -0.4 is 10.2 Å². The highest BCUT2D eigenvalue weighted by Gasteiger charge is 2.11. The van der Waals surface area contributed by atoms with Gasteiger partial charge in [0.15, 0.2) is 0 Å². The molecule has 22 heavy (non-hydrogen) atoms. The number of hydrogen-bond acceptors (Lipinski definition) is 3. The highest BCUT2D eigenvalue weighted by molar-refractivity contribution is 5.94. The monoisotopic (exact) mass is 293 g/mol. The first-order valence-electron chi connectivity index (χ1n) is 7.24. The fourth-order valence-electron chi connectivity index (χ4n) is 2.29. The summed E-state index contributed by atoms with van der Waals surface area (Å²) in [7, 11) is 0. The van der Waals surface area contributed by atoms with Gasteiger partial charge in [-0.1, -0.05) is 18.2 Å². The molecule has 0 fully saturated rings. The average molecular weight is 293 g/mol. The Balaban J connectivity index is 2.03. The second-order valence-electron chi connectivity index (χ2n) is 5.04. The van der Waals surface area contributed by atoms with Crippen molar-refractivity contribution >= 4 is 17.3 Å². The highest BCUT2D eigenvalue weighted by Crippen LogP contribution is 2.19. The first-order chi connectivity index (χ1) is 10.6. The molecule has 0 atom stereocenters. The minimum Gasteiger partial charge on any atom is -0.362 e. The lowest BCUT2D eigenvalue weighted by atomic mass is 10.2. The number of nitrogens with zero attached hydrogens (tertiary/aromatic N) is 2. The second kappa shape index (κ2) is 7.28.